The summed E-state index contributed by atoms with van der Waals surface area (Å²) in [5.41, 5.74) is 2.42. The predicted molar refractivity (Wildman–Crippen MR) is 90.2 cm³/mol. The lowest BCUT2D eigenvalue weighted by molar-refractivity contribution is 0.0761. The number of benzene rings is 1. The number of hydrogen-bond donors (Lipinski definition) is 0. The Morgan fingerprint density at radius 3 is 2.67 bits per heavy atom. The molecule has 24 heavy (non-hydrogen) atoms. The van der Waals surface area contributed by atoms with Crippen LogP contribution >= 0.6 is 0 Å². The maximum absolute atomic E-state index is 12.6. The monoisotopic (exact) mass is 323 g/mol. The van der Waals surface area contributed by atoms with Crippen molar-refractivity contribution in [1.82, 2.24) is 19.6 Å². The van der Waals surface area contributed by atoms with Crippen LogP contribution in [-0.2, 0) is 13.6 Å². The summed E-state index contributed by atoms with van der Waals surface area (Å²) in [4.78, 5) is 16.9. The van der Waals surface area contributed by atoms with Crippen molar-refractivity contribution >= 4 is 5.91 Å². The SMILES string of the molecule is Cn1cc(CN2CCCN(C(=O)c3ccc(C#N)cc3)CC2)cn1. The van der Waals surface area contributed by atoms with Crippen LogP contribution in [0, 0.1) is 11.3 Å². The minimum atomic E-state index is 0.0442. The summed E-state index contributed by atoms with van der Waals surface area (Å²) in [5.74, 6) is 0.0442. The van der Waals surface area contributed by atoms with Gasteiger partial charge in [-0.15, -0.1) is 0 Å². The van der Waals surface area contributed by atoms with E-state index in [9.17, 15) is 4.79 Å². The zero-order valence-corrected chi connectivity index (χ0v) is 13.9. The summed E-state index contributed by atoms with van der Waals surface area (Å²) >= 11 is 0. The Balaban J connectivity index is 1.60. The van der Waals surface area contributed by atoms with E-state index in [2.05, 4.69) is 16.1 Å². The summed E-state index contributed by atoms with van der Waals surface area (Å²) in [6, 6.07) is 8.93. The van der Waals surface area contributed by atoms with Gasteiger partial charge in [-0.2, -0.15) is 10.4 Å². The largest absolute Gasteiger partial charge is 0.337 e. The third-order valence-electron chi connectivity index (χ3n) is 4.30. The van der Waals surface area contributed by atoms with Crippen molar-refractivity contribution in [1.29, 1.82) is 5.26 Å². The van der Waals surface area contributed by atoms with Gasteiger partial charge in [0.05, 0.1) is 17.8 Å². The molecule has 0 unspecified atom stereocenters. The Hall–Kier alpha value is -2.65. The van der Waals surface area contributed by atoms with Crippen molar-refractivity contribution in [3.05, 3.63) is 53.3 Å². The van der Waals surface area contributed by atoms with Crippen molar-refractivity contribution in [3.8, 4) is 6.07 Å². The van der Waals surface area contributed by atoms with Crippen molar-refractivity contribution in [3.63, 3.8) is 0 Å². The van der Waals surface area contributed by atoms with Crippen LogP contribution in [0.3, 0.4) is 0 Å². The molecule has 2 heterocycles. The fourth-order valence-electron chi connectivity index (χ4n) is 3.01. The van der Waals surface area contributed by atoms with Gasteiger partial charge in [0, 0.05) is 57.1 Å². The number of hydrogen-bond acceptors (Lipinski definition) is 4. The number of nitrogens with zero attached hydrogens (tertiary/aromatic N) is 5. The van der Waals surface area contributed by atoms with Crippen LogP contribution < -0.4 is 0 Å². The first kappa shape index (κ1) is 16.2. The summed E-state index contributed by atoms with van der Waals surface area (Å²) in [6.45, 7) is 4.19. The van der Waals surface area contributed by atoms with E-state index in [0.29, 0.717) is 11.1 Å². The molecular weight excluding hydrogens is 302 g/mol. The predicted octanol–water partition coefficient (Wildman–Crippen LogP) is 1.64. The summed E-state index contributed by atoms with van der Waals surface area (Å²) in [6.07, 6.45) is 4.89. The molecule has 0 saturated carbocycles. The highest BCUT2D eigenvalue weighted by atomic mass is 16.2. The number of amides is 1. The fraction of sp³-hybridized carbons (Fsp3) is 0.389. The van der Waals surface area contributed by atoms with E-state index in [-0.39, 0.29) is 5.91 Å². The molecule has 3 rings (SSSR count). The first-order chi connectivity index (χ1) is 11.7. The Morgan fingerprint density at radius 2 is 2.00 bits per heavy atom. The number of rotatable bonds is 3. The van der Waals surface area contributed by atoms with Gasteiger partial charge in [-0.1, -0.05) is 0 Å². The highest BCUT2D eigenvalue weighted by Crippen LogP contribution is 2.12. The highest BCUT2D eigenvalue weighted by molar-refractivity contribution is 5.94. The molecule has 6 heteroatoms. The van der Waals surface area contributed by atoms with Crippen LogP contribution in [0.4, 0.5) is 0 Å². The van der Waals surface area contributed by atoms with E-state index in [1.165, 1.54) is 5.56 Å². The molecule has 1 aromatic carbocycles. The highest BCUT2D eigenvalue weighted by Gasteiger charge is 2.20. The standard InChI is InChI=1S/C18H21N5O/c1-21-13-16(12-20-21)14-22-7-2-8-23(10-9-22)18(24)17-5-3-15(11-19)4-6-17/h3-6,12-13H,2,7-10,14H2,1H3. The van der Waals surface area contributed by atoms with E-state index < -0.39 is 0 Å². The molecular formula is C18H21N5O. The molecule has 0 spiro atoms. The van der Waals surface area contributed by atoms with Gasteiger partial charge in [-0.05, 0) is 30.7 Å². The van der Waals surface area contributed by atoms with Crippen molar-refractivity contribution < 1.29 is 4.79 Å². The summed E-state index contributed by atoms with van der Waals surface area (Å²) < 4.78 is 1.81. The van der Waals surface area contributed by atoms with Crippen LogP contribution in [0.25, 0.3) is 0 Å². The molecule has 124 valence electrons. The molecule has 0 radical (unpaired) electrons. The Morgan fingerprint density at radius 1 is 1.21 bits per heavy atom. The second-order valence-corrected chi connectivity index (χ2v) is 6.13. The minimum absolute atomic E-state index is 0.0442. The average molecular weight is 323 g/mol. The lowest BCUT2D eigenvalue weighted by Gasteiger charge is -2.21. The summed E-state index contributed by atoms with van der Waals surface area (Å²) in [7, 11) is 1.92. The van der Waals surface area contributed by atoms with Gasteiger partial charge >= 0.3 is 0 Å². The first-order valence-corrected chi connectivity index (χ1v) is 8.15. The van der Waals surface area contributed by atoms with Gasteiger partial charge in [0.1, 0.15) is 0 Å². The molecule has 0 aliphatic carbocycles. The number of carbonyl (C=O) groups is 1. The zero-order valence-electron chi connectivity index (χ0n) is 13.9. The van der Waals surface area contributed by atoms with Crippen LogP contribution in [0.5, 0.6) is 0 Å². The number of nitriles is 1. The molecule has 0 bridgehead atoms. The van der Waals surface area contributed by atoms with Crippen LogP contribution in [-0.4, -0.2) is 51.7 Å². The second-order valence-electron chi connectivity index (χ2n) is 6.13. The smallest absolute Gasteiger partial charge is 0.253 e. The molecule has 1 fully saturated rings. The Bertz CT molecular complexity index is 744. The topological polar surface area (TPSA) is 65.2 Å². The van der Waals surface area contributed by atoms with E-state index >= 15 is 0 Å². The van der Waals surface area contributed by atoms with Crippen LogP contribution in [0.15, 0.2) is 36.7 Å². The third kappa shape index (κ3) is 3.81. The number of aryl methyl sites for hydroxylation is 1. The van der Waals surface area contributed by atoms with Gasteiger partial charge < -0.3 is 4.90 Å². The molecule has 1 aliphatic heterocycles. The lowest BCUT2D eigenvalue weighted by atomic mass is 10.1. The van der Waals surface area contributed by atoms with E-state index in [0.717, 1.165) is 39.1 Å². The first-order valence-electron chi connectivity index (χ1n) is 8.15. The molecule has 1 saturated heterocycles. The fourth-order valence-corrected chi connectivity index (χ4v) is 3.01. The minimum Gasteiger partial charge on any atom is -0.337 e. The number of aromatic nitrogens is 2. The van der Waals surface area contributed by atoms with E-state index in [4.69, 9.17) is 5.26 Å². The summed E-state index contributed by atoms with van der Waals surface area (Å²) in [5, 5.41) is 13.1. The van der Waals surface area contributed by atoms with E-state index in [1.807, 2.05) is 29.0 Å². The van der Waals surface area contributed by atoms with Crippen molar-refractivity contribution in [2.75, 3.05) is 26.2 Å². The Kier molecular flexibility index (Phi) is 4.92. The molecule has 1 aromatic heterocycles. The van der Waals surface area contributed by atoms with Crippen molar-refractivity contribution in [2.24, 2.45) is 7.05 Å². The second kappa shape index (κ2) is 7.28. The van der Waals surface area contributed by atoms with Crippen molar-refractivity contribution in [2.45, 2.75) is 13.0 Å². The van der Waals surface area contributed by atoms with Crippen LogP contribution in [0.2, 0.25) is 0 Å². The average Bonchev–Trinajstić information content (AvgIpc) is 2.87. The maximum atomic E-state index is 12.6. The zero-order chi connectivity index (χ0) is 16.9. The molecule has 0 atom stereocenters. The molecule has 1 aliphatic rings. The van der Waals surface area contributed by atoms with Crippen LogP contribution in [0.1, 0.15) is 27.9 Å². The molecule has 2 aromatic rings. The maximum Gasteiger partial charge on any atom is 0.253 e. The van der Waals surface area contributed by atoms with Gasteiger partial charge in [0.15, 0.2) is 0 Å². The molecule has 6 nitrogen and oxygen atoms in total. The van der Waals surface area contributed by atoms with Gasteiger partial charge in [0.2, 0.25) is 0 Å². The molecule has 0 N–H and O–H groups in total. The van der Waals surface area contributed by atoms with Gasteiger partial charge in [-0.25, -0.2) is 0 Å². The lowest BCUT2D eigenvalue weighted by Crippen LogP contribution is -2.35. The van der Waals surface area contributed by atoms with Gasteiger partial charge in [0.25, 0.3) is 5.91 Å². The quantitative estimate of drug-likeness (QED) is 0.861. The molecule has 1 amide bonds. The van der Waals surface area contributed by atoms with Gasteiger partial charge in [-0.3, -0.25) is 14.4 Å². The third-order valence-corrected chi connectivity index (χ3v) is 4.30. The normalized spacial score (nSPS) is 15.8. The number of carbonyl (C=O) groups excluding carboxylic acids is 1. The Labute approximate surface area is 141 Å². The van der Waals surface area contributed by atoms with E-state index in [1.54, 1.807) is 24.3 Å².